The van der Waals surface area contributed by atoms with Gasteiger partial charge in [0.1, 0.15) is 0 Å². The van der Waals surface area contributed by atoms with Crippen molar-refractivity contribution in [2.75, 3.05) is 12.3 Å². The number of amides is 1. The quantitative estimate of drug-likeness (QED) is 0.583. The van der Waals surface area contributed by atoms with Gasteiger partial charge in [0.15, 0.2) is 5.16 Å². The number of aryl methyl sites for hydroxylation is 1. The summed E-state index contributed by atoms with van der Waals surface area (Å²) in [6.07, 6.45) is 5.08. The summed E-state index contributed by atoms with van der Waals surface area (Å²) in [6, 6.07) is 4.53. The maximum absolute atomic E-state index is 11.6. The summed E-state index contributed by atoms with van der Waals surface area (Å²) in [5.41, 5.74) is 1.30. The number of hydrogen-bond acceptors (Lipinski definition) is 5. The summed E-state index contributed by atoms with van der Waals surface area (Å²) in [4.78, 5) is 16.0. The van der Waals surface area contributed by atoms with E-state index >= 15 is 0 Å². The van der Waals surface area contributed by atoms with E-state index in [1.54, 1.807) is 6.07 Å². The third-order valence-electron chi connectivity index (χ3n) is 3.05. The van der Waals surface area contributed by atoms with Gasteiger partial charge in [0, 0.05) is 6.54 Å². The number of sulfonamides is 1. The molecule has 1 aromatic carbocycles. The van der Waals surface area contributed by atoms with Crippen LogP contribution in [-0.2, 0) is 21.4 Å². The van der Waals surface area contributed by atoms with Crippen LogP contribution in [0.5, 0.6) is 0 Å². The first kappa shape index (κ1) is 17.3. The second kappa shape index (κ2) is 7.04. The molecule has 9 heteroatoms. The standard InChI is InChI=1S/C14H16N4O3S2/c1-3-7-16-13(19)9-22-14-17-11-8-10(23(15,20)21)5-6-12(11)18(14)4-2/h1,5-6,8H,4,7,9H2,2H3,(H,16,19)(H2,15,20,21). The van der Waals surface area contributed by atoms with Crippen LogP contribution in [0.2, 0.25) is 0 Å². The molecule has 23 heavy (non-hydrogen) atoms. The van der Waals surface area contributed by atoms with Gasteiger partial charge in [0.2, 0.25) is 15.9 Å². The second-order valence-corrected chi connectivity index (χ2v) is 7.11. The topological polar surface area (TPSA) is 107 Å². The maximum atomic E-state index is 11.6. The van der Waals surface area contributed by atoms with Gasteiger partial charge in [-0.25, -0.2) is 18.5 Å². The van der Waals surface area contributed by atoms with Crippen molar-refractivity contribution in [1.29, 1.82) is 0 Å². The van der Waals surface area contributed by atoms with Gasteiger partial charge in [-0.15, -0.1) is 6.42 Å². The van der Waals surface area contributed by atoms with Gasteiger partial charge in [-0.2, -0.15) is 0 Å². The fourth-order valence-corrected chi connectivity index (χ4v) is 3.45. The average Bonchev–Trinajstić information content (AvgIpc) is 2.86. The molecular formula is C14H16N4O3S2. The number of benzene rings is 1. The van der Waals surface area contributed by atoms with Crippen LogP contribution in [0.4, 0.5) is 0 Å². The van der Waals surface area contributed by atoms with Crippen LogP contribution in [0, 0.1) is 12.3 Å². The molecule has 2 aromatic rings. The molecule has 3 N–H and O–H groups in total. The van der Waals surface area contributed by atoms with E-state index in [0.29, 0.717) is 17.2 Å². The van der Waals surface area contributed by atoms with Crippen LogP contribution in [0.25, 0.3) is 11.0 Å². The van der Waals surface area contributed by atoms with Crippen molar-refractivity contribution in [2.45, 2.75) is 23.5 Å². The van der Waals surface area contributed by atoms with E-state index in [4.69, 9.17) is 11.6 Å². The Balaban J connectivity index is 2.30. The zero-order valence-electron chi connectivity index (χ0n) is 12.4. The lowest BCUT2D eigenvalue weighted by molar-refractivity contribution is -0.118. The van der Waals surface area contributed by atoms with E-state index in [2.05, 4.69) is 16.2 Å². The largest absolute Gasteiger partial charge is 0.344 e. The molecule has 0 aliphatic rings. The Morgan fingerprint density at radius 1 is 1.52 bits per heavy atom. The number of carbonyl (C=O) groups excluding carboxylic acids is 1. The van der Waals surface area contributed by atoms with Crippen molar-refractivity contribution in [2.24, 2.45) is 5.14 Å². The van der Waals surface area contributed by atoms with Crippen molar-refractivity contribution in [3.63, 3.8) is 0 Å². The first-order chi connectivity index (χ1) is 10.9. The first-order valence-electron chi connectivity index (χ1n) is 6.73. The lowest BCUT2D eigenvalue weighted by atomic mass is 10.3. The number of rotatable bonds is 6. The van der Waals surface area contributed by atoms with Gasteiger partial charge >= 0.3 is 0 Å². The maximum Gasteiger partial charge on any atom is 0.238 e. The van der Waals surface area contributed by atoms with E-state index in [1.807, 2.05) is 11.5 Å². The van der Waals surface area contributed by atoms with E-state index in [0.717, 1.165) is 5.52 Å². The Kier molecular flexibility index (Phi) is 5.30. The molecule has 0 spiro atoms. The number of hydrogen-bond donors (Lipinski definition) is 2. The predicted molar refractivity (Wildman–Crippen MR) is 89.3 cm³/mol. The fraction of sp³-hybridized carbons (Fsp3) is 0.286. The Morgan fingerprint density at radius 3 is 2.87 bits per heavy atom. The number of nitrogens with one attached hydrogen (secondary N) is 1. The average molecular weight is 352 g/mol. The van der Waals surface area contributed by atoms with Gasteiger partial charge in [0.25, 0.3) is 0 Å². The Bertz CT molecular complexity index is 881. The van der Waals surface area contributed by atoms with E-state index in [1.165, 1.54) is 23.9 Å². The highest BCUT2D eigenvalue weighted by Crippen LogP contribution is 2.25. The minimum atomic E-state index is -3.78. The molecular weight excluding hydrogens is 336 g/mol. The number of carbonyl (C=O) groups is 1. The molecule has 0 radical (unpaired) electrons. The van der Waals surface area contributed by atoms with E-state index in [-0.39, 0.29) is 23.1 Å². The molecule has 1 aromatic heterocycles. The lowest BCUT2D eigenvalue weighted by Crippen LogP contribution is -2.25. The Morgan fingerprint density at radius 2 is 2.26 bits per heavy atom. The summed E-state index contributed by atoms with van der Waals surface area (Å²) >= 11 is 1.26. The zero-order valence-corrected chi connectivity index (χ0v) is 14.1. The summed E-state index contributed by atoms with van der Waals surface area (Å²) in [7, 11) is -3.78. The Labute approximate surface area is 138 Å². The van der Waals surface area contributed by atoms with Crippen LogP contribution in [0.15, 0.2) is 28.3 Å². The summed E-state index contributed by atoms with van der Waals surface area (Å²) in [5.74, 6) is 2.32. The minimum absolute atomic E-state index is 0.00839. The normalized spacial score (nSPS) is 11.3. The second-order valence-electron chi connectivity index (χ2n) is 4.60. The molecule has 7 nitrogen and oxygen atoms in total. The summed E-state index contributed by atoms with van der Waals surface area (Å²) in [6.45, 7) is 2.76. The molecule has 0 atom stereocenters. The van der Waals surface area contributed by atoms with Crippen LogP contribution in [-0.4, -0.2) is 36.2 Å². The molecule has 1 amide bonds. The molecule has 0 fully saturated rings. The van der Waals surface area contributed by atoms with Crippen molar-refractivity contribution >= 4 is 38.7 Å². The highest BCUT2D eigenvalue weighted by Gasteiger charge is 2.15. The number of primary sulfonamides is 1. The van der Waals surface area contributed by atoms with E-state index < -0.39 is 10.0 Å². The Hall–Kier alpha value is -2.02. The van der Waals surface area contributed by atoms with Gasteiger partial charge in [0.05, 0.1) is 28.2 Å². The molecule has 0 unspecified atom stereocenters. The third-order valence-corrected chi connectivity index (χ3v) is 4.94. The number of imidazole rings is 1. The van der Waals surface area contributed by atoms with Crippen molar-refractivity contribution in [3.8, 4) is 12.3 Å². The van der Waals surface area contributed by atoms with Crippen molar-refractivity contribution in [3.05, 3.63) is 18.2 Å². The zero-order chi connectivity index (χ0) is 17.0. The molecule has 1 heterocycles. The third kappa shape index (κ3) is 4.04. The smallest absolute Gasteiger partial charge is 0.238 e. The summed E-state index contributed by atoms with van der Waals surface area (Å²) in [5, 5.41) is 8.34. The highest BCUT2D eigenvalue weighted by molar-refractivity contribution is 7.99. The number of aromatic nitrogens is 2. The molecule has 0 saturated heterocycles. The fourth-order valence-electron chi connectivity index (χ4n) is 2.01. The van der Waals surface area contributed by atoms with Crippen LogP contribution in [0.3, 0.4) is 0 Å². The minimum Gasteiger partial charge on any atom is -0.344 e. The predicted octanol–water partition coefficient (Wildman–Crippen LogP) is 0.545. The number of nitrogens with zero attached hydrogens (tertiary/aromatic N) is 2. The van der Waals surface area contributed by atoms with Gasteiger partial charge in [-0.05, 0) is 25.1 Å². The van der Waals surface area contributed by atoms with E-state index in [9.17, 15) is 13.2 Å². The molecule has 122 valence electrons. The van der Waals surface area contributed by atoms with Gasteiger partial charge < -0.3 is 9.88 Å². The lowest BCUT2D eigenvalue weighted by Gasteiger charge is -2.05. The van der Waals surface area contributed by atoms with Crippen molar-refractivity contribution in [1.82, 2.24) is 14.9 Å². The molecule has 0 saturated carbocycles. The van der Waals surface area contributed by atoms with Gasteiger partial charge in [-0.3, -0.25) is 4.79 Å². The first-order valence-corrected chi connectivity index (χ1v) is 9.26. The van der Waals surface area contributed by atoms with Crippen LogP contribution in [0.1, 0.15) is 6.92 Å². The van der Waals surface area contributed by atoms with Gasteiger partial charge in [-0.1, -0.05) is 17.7 Å². The monoisotopic (exact) mass is 352 g/mol. The number of thioether (sulfide) groups is 1. The SMILES string of the molecule is C#CCNC(=O)CSc1nc2cc(S(N)(=O)=O)ccc2n1CC. The molecule has 2 rings (SSSR count). The number of terminal acetylenes is 1. The summed E-state index contributed by atoms with van der Waals surface area (Å²) < 4.78 is 24.7. The van der Waals surface area contributed by atoms with Crippen molar-refractivity contribution < 1.29 is 13.2 Å². The number of fused-ring (bicyclic) bond motifs is 1. The number of nitrogens with two attached hydrogens (primary N) is 1. The molecule has 0 aliphatic carbocycles. The van der Waals surface area contributed by atoms with Crippen LogP contribution >= 0.6 is 11.8 Å². The highest BCUT2D eigenvalue weighted by atomic mass is 32.2. The van der Waals surface area contributed by atoms with Crippen LogP contribution < -0.4 is 10.5 Å². The molecule has 0 aliphatic heterocycles. The molecule has 0 bridgehead atoms.